The van der Waals surface area contributed by atoms with Crippen LogP contribution in [0, 0.1) is 0 Å². The van der Waals surface area contributed by atoms with Gasteiger partial charge in [-0.15, -0.1) is 0 Å². The summed E-state index contributed by atoms with van der Waals surface area (Å²) >= 11 is -5.69. The molecule has 1 aliphatic rings. The van der Waals surface area contributed by atoms with E-state index in [0.29, 0.717) is 47.3 Å². The normalized spacial score (nSPS) is 14.3. The number of anilines is 4. The summed E-state index contributed by atoms with van der Waals surface area (Å²) in [5, 5.41) is 0. The molecule has 5 rings (SSSR count). The van der Waals surface area contributed by atoms with Crippen LogP contribution >= 0.6 is 0 Å². The molecule has 1 heterocycles. The van der Waals surface area contributed by atoms with Gasteiger partial charge in [0.25, 0.3) is 0 Å². The van der Waals surface area contributed by atoms with Gasteiger partial charge in [-0.25, -0.2) is 0 Å². The molecule has 4 nitrogen and oxygen atoms in total. The third kappa shape index (κ3) is 8.51. The summed E-state index contributed by atoms with van der Waals surface area (Å²) in [6.45, 7) is 38.1. The summed E-state index contributed by atoms with van der Waals surface area (Å²) in [7, 11) is 0. The van der Waals surface area contributed by atoms with Crippen molar-refractivity contribution in [1.29, 1.82) is 0 Å². The Morgan fingerprint density at radius 2 is 0.500 bits per heavy atom. The first kappa shape index (κ1) is 42.9. The number of nitrogens with zero attached hydrogens (tertiary/aromatic N) is 2. The van der Waals surface area contributed by atoms with Crippen LogP contribution in [0.2, 0.25) is 0 Å². The predicted octanol–water partition coefficient (Wildman–Crippen LogP) is 14.2. The zero-order valence-corrected chi connectivity index (χ0v) is 41.4. The molecule has 0 bridgehead atoms. The molecule has 292 valence electrons. The van der Waals surface area contributed by atoms with E-state index >= 15 is 0 Å². The zero-order valence-electron chi connectivity index (χ0n) is 36.3. The third-order valence-electron chi connectivity index (χ3n) is 11.0. The quantitative estimate of drug-likeness (QED) is 0.123. The Bertz CT molecular complexity index is 1640. The Morgan fingerprint density at radius 1 is 0.315 bits per heavy atom. The molecule has 54 heavy (non-hydrogen) atoms. The second-order valence-electron chi connectivity index (χ2n) is 17.8. The zero-order chi connectivity index (χ0) is 39.8. The van der Waals surface area contributed by atoms with Crippen molar-refractivity contribution in [3.05, 3.63) is 117 Å². The monoisotopic (exact) mass is 944 g/mol. The maximum absolute atomic E-state index is 4.57. The molecule has 0 radical (unpaired) electrons. The van der Waals surface area contributed by atoms with Gasteiger partial charge in [0.15, 0.2) is 0 Å². The minimum atomic E-state index is -2.84. The minimum absolute atomic E-state index is 0.412. The van der Waals surface area contributed by atoms with Crippen molar-refractivity contribution in [3.8, 4) is 0 Å². The topological polar surface area (TPSA) is 30.5 Å². The molecule has 6 heteroatoms. The van der Waals surface area contributed by atoms with Gasteiger partial charge in [0.2, 0.25) is 0 Å². The van der Waals surface area contributed by atoms with Crippen molar-refractivity contribution >= 4 is 64.8 Å². The second kappa shape index (κ2) is 17.9. The van der Waals surface area contributed by atoms with Crippen molar-refractivity contribution in [2.75, 3.05) is 9.39 Å². The van der Waals surface area contributed by atoms with Gasteiger partial charge in [0, 0.05) is 0 Å². The number of hydrogen-bond acceptors (Lipinski definition) is 4. The summed E-state index contributed by atoms with van der Waals surface area (Å²) in [6, 6.07) is 28.4. The number of para-hydroxylation sites is 4. The number of nitrogens with one attached hydrogen (secondary N) is 2. The molecule has 0 aromatic heterocycles. The fourth-order valence-electron chi connectivity index (χ4n) is 7.90. The van der Waals surface area contributed by atoms with Crippen LogP contribution < -0.4 is 9.39 Å². The molecule has 4 aromatic carbocycles. The van der Waals surface area contributed by atoms with Crippen molar-refractivity contribution in [3.63, 3.8) is 0 Å². The molecule has 0 saturated carbocycles. The summed E-state index contributed by atoms with van der Waals surface area (Å²) in [5.41, 5.74) is 17.5. The number of hydrogen-bond donors (Lipinski definition) is 2. The van der Waals surface area contributed by atoms with Crippen molar-refractivity contribution < 1.29 is 0 Å². The Labute approximate surface area is 347 Å². The standard InChI is InChI=1S/2C12H18N.2C12H17N.2Sb/c4*1-8(2)10-6-5-7-11(9(3)4)12(10)13;;/h2*5-9,13H,1-4H3;2*5-9H,1-4H3;;/q2*-1;;;2*+1. The molecular weight excluding hydrogens is 876 g/mol. The van der Waals surface area contributed by atoms with E-state index in [1.165, 1.54) is 67.3 Å². The number of rotatable bonds is 14. The van der Waals surface area contributed by atoms with Gasteiger partial charge < -0.3 is 0 Å². The van der Waals surface area contributed by atoms with Crippen LogP contribution in [0.4, 0.5) is 22.7 Å². The van der Waals surface area contributed by atoms with Gasteiger partial charge in [0.05, 0.1) is 0 Å². The van der Waals surface area contributed by atoms with Crippen LogP contribution in [0.5, 0.6) is 0 Å². The Kier molecular flexibility index (Phi) is 14.2. The molecule has 1 saturated heterocycles. The van der Waals surface area contributed by atoms with Crippen LogP contribution in [0.15, 0.2) is 72.8 Å². The summed E-state index contributed by atoms with van der Waals surface area (Å²) in [4.78, 5) is 0. The van der Waals surface area contributed by atoms with Gasteiger partial charge in [-0.1, -0.05) is 0 Å². The maximum atomic E-state index is 4.57. The molecule has 1 aliphatic heterocycles. The molecule has 0 aliphatic carbocycles. The van der Waals surface area contributed by atoms with Gasteiger partial charge in [-0.2, -0.15) is 0 Å². The molecule has 0 unspecified atom stereocenters. The Balaban J connectivity index is 1.92. The van der Waals surface area contributed by atoms with E-state index in [0.717, 1.165) is 0 Å². The van der Waals surface area contributed by atoms with E-state index in [4.69, 9.17) is 0 Å². The summed E-state index contributed by atoms with van der Waals surface area (Å²) in [5.74, 6) is 3.31. The van der Waals surface area contributed by atoms with E-state index in [9.17, 15) is 0 Å². The van der Waals surface area contributed by atoms with Crippen molar-refractivity contribution in [1.82, 2.24) is 0 Å². The van der Waals surface area contributed by atoms with Crippen LogP contribution in [0.1, 0.15) is 203 Å². The summed E-state index contributed by atoms with van der Waals surface area (Å²) < 4.78 is 15.3. The first-order valence-electron chi connectivity index (χ1n) is 20.7. The average Bonchev–Trinajstić information content (AvgIpc) is 3.10. The van der Waals surface area contributed by atoms with Crippen LogP contribution in [0.25, 0.3) is 0 Å². The van der Waals surface area contributed by atoms with E-state index in [1.54, 1.807) is 0 Å². The average molecular weight is 947 g/mol. The first-order valence-corrected chi connectivity index (χ1v) is 27.8. The third-order valence-corrected chi connectivity index (χ3v) is 32.7. The first-order chi connectivity index (χ1) is 25.5. The molecule has 1 fully saturated rings. The van der Waals surface area contributed by atoms with Crippen molar-refractivity contribution in [2.45, 2.75) is 158 Å². The second-order valence-corrected chi connectivity index (χ2v) is 32.5. The van der Waals surface area contributed by atoms with Gasteiger partial charge in [0.1, 0.15) is 0 Å². The van der Waals surface area contributed by atoms with Crippen LogP contribution in [-0.2, 0) is 0 Å². The van der Waals surface area contributed by atoms with Gasteiger partial charge in [-0.05, 0) is 0 Å². The Morgan fingerprint density at radius 3 is 0.685 bits per heavy atom. The van der Waals surface area contributed by atoms with Crippen molar-refractivity contribution in [2.24, 2.45) is 0 Å². The van der Waals surface area contributed by atoms with E-state index in [-0.39, 0.29) is 0 Å². The predicted molar refractivity (Wildman–Crippen MR) is 242 cm³/mol. The molecule has 0 spiro atoms. The van der Waals surface area contributed by atoms with E-state index in [2.05, 4.69) is 193 Å². The van der Waals surface area contributed by atoms with Crippen LogP contribution in [-0.4, -0.2) is 42.1 Å². The molecular formula is C48H70N4Sb2. The molecule has 0 amide bonds. The molecule has 4 aromatic rings. The van der Waals surface area contributed by atoms with Gasteiger partial charge in [-0.3, -0.25) is 0 Å². The van der Waals surface area contributed by atoms with E-state index < -0.39 is 42.1 Å². The molecule has 0 atom stereocenters. The summed E-state index contributed by atoms with van der Waals surface area (Å²) in [6.07, 6.45) is 0. The SMILES string of the molecule is CC(C)c1cccc(C(C)C)c1[NH][Sb]1[N](c2c(C(C)C)cccc2C(C)C)[Sb]([NH]c2c(C(C)C)cccc2C(C)C)[N]1c1c(C(C)C)cccc1C(C)C. The van der Waals surface area contributed by atoms with Crippen LogP contribution in [0.3, 0.4) is 0 Å². The molecule has 2 N–H and O–H groups in total. The fraction of sp³-hybridized carbons (Fsp3) is 0.500. The van der Waals surface area contributed by atoms with E-state index in [1.807, 2.05) is 0 Å². The fourth-order valence-corrected chi connectivity index (χ4v) is 30.8. The number of benzene rings is 4. The Hall–Kier alpha value is -2.28. The van der Waals surface area contributed by atoms with Gasteiger partial charge >= 0.3 is 350 Å².